The number of hydrazone groups is 1. The number of benzene rings is 2. The highest BCUT2D eigenvalue weighted by molar-refractivity contribution is 6.09. The maximum Gasteiger partial charge on any atom is 0.303 e. The summed E-state index contributed by atoms with van der Waals surface area (Å²) in [4.78, 5) is 26.8. The molecule has 2 unspecified atom stereocenters. The monoisotopic (exact) mass is 462 g/mol. The number of nitrogens with zero attached hydrogens (tertiary/aromatic N) is 3. The molecular weight excluding hydrogens is 428 g/mol. The van der Waals surface area contributed by atoms with Crippen LogP contribution in [-0.2, 0) is 16.8 Å². The van der Waals surface area contributed by atoms with Crippen LogP contribution >= 0.6 is 0 Å². The van der Waals surface area contributed by atoms with Crippen molar-refractivity contribution in [3.63, 3.8) is 0 Å². The van der Waals surface area contributed by atoms with E-state index in [1.54, 1.807) is 0 Å². The molecule has 0 aromatic heterocycles. The quantitative estimate of drug-likeness (QED) is 0.485. The summed E-state index contributed by atoms with van der Waals surface area (Å²) in [5.74, 6) is -0.957. The van der Waals surface area contributed by atoms with E-state index in [1.807, 2.05) is 55.6 Å². The topological polar surface area (TPSA) is 99.2 Å². The van der Waals surface area contributed by atoms with E-state index in [0.717, 1.165) is 49.3 Å². The summed E-state index contributed by atoms with van der Waals surface area (Å²) in [5.41, 5.74) is 10.3. The first kappa shape index (κ1) is 24.1. The van der Waals surface area contributed by atoms with Gasteiger partial charge in [0.05, 0.1) is 12.6 Å². The first-order valence-corrected chi connectivity index (χ1v) is 12.1. The highest BCUT2D eigenvalue weighted by atomic mass is 16.4. The Morgan fingerprint density at radius 2 is 1.79 bits per heavy atom. The predicted octanol–water partition coefficient (Wildman–Crippen LogP) is 3.10. The molecule has 7 heteroatoms. The maximum absolute atomic E-state index is 13.2. The average molecular weight is 463 g/mol. The Bertz CT molecular complexity index is 1070. The first-order valence-electron chi connectivity index (χ1n) is 12.1. The molecule has 0 radical (unpaired) electrons. The molecule has 0 amide bonds. The third-order valence-electron chi connectivity index (χ3n) is 7.39. The molecule has 0 spiro atoms. The number of hydrogen-bond donors (Lipinski definition) is 2. The van der Waals surface area contributed by atoms with Crippen molar-refractivity contribution in [1.29, 1.82) is 0 Å². The SMILES string of the molecule is CCC1(N)c2ccc(C(=O)c3ccc(C=NN4CCN(C)CC4)cc3)cc2CCC1CC(=O)O. The van der Waals surface area contributed by atoms with Crippen molar-refractivity contribution in [1.82, 2.24) is 9.91 Å². The highest BCUT2D eigenvalue weighted by Gasteiger charge is 2.40. The summed E-state index contributed by atoms with van der Waals surface area (Å²) in [6, 6.07) is 13.2. The van der Waals surface area contributed by atoms with Gasteiger partial charge in [-0.05, 0) is 55.0 Å². The predicted molar refractivity (Wildman–Crippen MR) is 133 cm³/mol. The normalized spacial score (nSPS) is 23.1. The molecule has 180 valence electrons. The summed E-state index contributed by atoms with van der Waals surface area (Å²) in [6.45, 7) is 5.85. The van der Waals surface area contributed by atoms with Crippen LogP contribution in [0.2, 0.25) is 0 Å². The molecule has 2 atom stereocenters. The molecular formula is C27H34N4O3. The van der Waals surface area contributed by atoms with Gasteiger partial charge in [0, 0.05) is 42.8 Å². The van der Waals surface area contributed by atoms with Crippen molar-refractivity contribution in [2.45, 2.75) is 38.1 Å². The van der Waals surface area contributed by atoms with E-state index in [2.05, 4.69) is 22.1 Å². The van der Waals surface area contributed by atoms with Crippen molar-refractivity contribution < 1.29 is 14.7 Å². The second kappa shape index (κ2) is 10.1. The van der Waals surface area contributed by atoms with Crippen LogP contribution in [0.3, 0.4) is 0 Å². The fraction of sp³-hybridized carbons (Fsp3) is 0.444. The van der Waals surface area contributed by atoms with Gasteiger partial charge in [0.15, 0.2) is 5.78 Å². The number of aliphatic carboxylic acids is 1. The summed E-state index contributed by atoms with van der Waals surface area (Å²) >= 11 is 0. The number of rotatable bonds is 7. The molecule has 34 heavy (non-hydrogen) atoms. The number of carbonyl (C=O) groups excluding carboxylic acids is 1. The Hall–Kier alpha value is -3.03. The van der Waals surface area contributed by atoms with E-state index in [1.165, 1.54) is 0 Å². The largest absolute Gasteiger partial charge is 0.481 e. The van der Waals surface area contributed by atoms with Crippen LogP contribution in [0.25, 0.3) is 0 Å². The molecule has 1 saturated heterocycles. The highest BCUT2D eigenvalue weighted by Crippen LogP contribution is 2.42. The summed E-state index contributed by atoms with van der Waals surface area (Å²) < 4.78 is 0. The number of piperazine rings is 1. The number of hydrogen-bond acceptors (Lipinski definition) is 6. The van der Waals surface area contributed by atoms with E-state index in [-0.39, 0.29) is 18.1 Å². The van der Waals surface area contributed by atoms with E-state index in [4.69, 9.17) is 5.73 Å². The summed E-state index contributed by atoms with van der Waals surface area (Å²) in [6.07, 6.45) is 4.01. The van der Waals surface area contributed by atoms with Gasteiger partial charge in [0.25, 0.3) is 0 Å². The maximum atomic E-state index is 13.2. The van der Waals surface area contributed by atoms with Crippen LogP contribution < -0.4 is 5.73 Å². The van der Waals surface area contributed by atoms with Crippen molar-refractivity contribution in [2.24, 2.45) is 16.8 Å². The molecule has 2 aliphatic rings. The zero-order chi connectivity index (χ0) is 24.3. The van der Waals surface area contributed by atoms with Crippen LogP contribution in [0.4, 0.5) is 0 Å². The second-order valence-corrected chi connectivity index (χ2v) is 9.55. The van der Waals surface area contributed by atoms with Crippen LogP contribution in [0.5, 0.6) is 0 Å². The number of nitrogens with two attached hydrogens (primary N) is 1. The number of carboxylic acids is 1. The standard InChI is InChI=1S/C27H34N4O3/c1-3-27(28)23(17-25(32)33)10-8-21-16-22(9-11-24(21)27)26(34)20-6-4-19(5-7-20)18-29-31-14-12-30(2)13-15-31/h4-7,9,11,16,18,23H,3,8,10,12-15,17,28H2,1-2H3,(H,32,33). The number of likely N-dealkylation sites (N-methyl/N-ethyl adjacent to an activating group) is 1. The van der Waals surface area contributed by atoms with Gasteiger partial charge in [-0.2, -0.15) is 5.10 Å². The third kappa shape index (κ3) is 5.05. The molecule has 4 rings (SSSR count). The van der Waals surface area contributed by atoms with E-state index < -0.39 is 11.5 Å². The Morgan fingerprint density at radius 3 is 2.44 bits per heavy atom. The summed E-state index contributed by atoms with van der Waals surface area (Å²) in [5, 5.41) is 15.9. The molecule has 2 aromatic rings. The molecule has 1 heterocycles. The number of fused-ring (bicyclic) bond motifs is 1. The molecule has 0 saturated carbocycles. The lowest BCUT2D eigenvalue weighted by Crippen LogP contribution is -2.47. The Labute approximate surface area is 201 Å². The zero-order valence-electron chi connectivity index (χ0n) is 20.0. The smallest absolute Gasteiger partial charge is 0.303 e. The summed E-state index contributed by atoms with van der Waals surface area (Å²) in [7, 11) is 2.12. The van der Waals surface area contributed by atoms with Crippen LogP contribution in [0, 0.1) is 5.92 Å². The fourth-order valence-electron chi connectivity index (χ4n) is 5.12. The minimum atomic E-state index is -0.819. The van der Waals surface area contributed by atoms with Gasteiger partial charge < -0.3 is 15.7 Å². The molecule has 3 N–H and O–H groups in total. The first-order chi connectivity index (χ1) is 16.3. The van der Waals surface area contributed by atoms with E-state index in [0.29, 0.717) is 24.0 Å². The van der Waals surface area contributed by atoms with Gasteiger partial charge >= 0.3 is 5.97 Å². The molecule has 1 aliphatic carbocycles. The fourth-order valence-corrected chi connectivity index (χ4v) is 5.12. The minimum Gasteiger partial charge on any atom is -0.481 e. The lowest BCUT2D eigenvalue weighted by atomic mass is 9.67. The lowest BCUT2D eigenvalue weighted by Gasteiger charge is -2.42. The Morgan fingerprint density at radius 1 is 1.12 bits per heavy atom. The van der Waals surface area contributed by atoms with Gasteiger partial charge in [-0.1, -0.05) is 43.3 Å². The van der Waals surface area contributed by atoms with Crippen LogP contribution in [-0.4, -0.2) is 66.2 Å². The minimum absolute atomic E-state index is 0.0304. The number of carbonyl (C=O) groups is 2. The average Bonchev–Trinajstić information content (AvgIpc) is 2.85. The second-order valence-electron chi connectivity index (χ2n) is 9.55. The van der Waals surface area contributed by atoms with Crippen LogP contribution in [0.15, 0.2) is 47.6 Å². The van der Waals surface area contributed by atoms with Gasteiger partial charge in [-0.3, -0.25) is 14.6 Å². The Kier molecular flexibility index (Phi) is 7.14. The van der Waals surface area contributed by atoms with Gasteiger partial charge in [-0.25, -0.2) is 0 Å². The molecule has 0 bridgehead atoms. The number of carboxylic acid groups (broad SMARTS) is 1. The van der Waals surface area contributed by atoms with Gasteiger partial charge in [-0.15, -0.1) is 0 Å². The Balaban J connectivity index is 1.48. The van der Waals surface area contributed by atoms with Crippen molar-refractivity contribution in [2.75, 3.05) is 33.2 Å². The van der Waals surface area contributed by atoms with E-state index in [9.17, 15) is 14.7 Å². The zero-order valence-corrected chi connectivity index (χ0v) is 20.0. The van der Waals surface area contributed by atoms with Crippen molar-refractivity contribution >= 4 is 18.0 Å². The van der Waals surface area contributed by atoms with Gasteiger partial charge in [0.2, 0.25) is 0 Å². The van der Waals surface area contributed by atoms with Crippen LogP contribution in [0.1, 0.15) is 58.8 Å². The third-order valence-corrected chi connectivity index (χ3v) is 7.39. The molecule has 1 fully saturated rings. The molecule has 7 nitrogen and oxygen atoms in total. The number of ketones is 1. The molecule has 2 aromatic carbocycles. The van der Waals surface area contributed by atoms with Crippen molar-refractivity contribution in [3.05, 3.63) is 70.3 Å². The number of aryl methyl sites for hydroxylation is 1. The van der Waals surface area contributed by atoms with Gasteiger partial charge in [0.1, 0.15) is 0 Å². The van der Waals surface area contributed by atoms with E-state index >= 15 is 0 Å². The lowest BCUT2D eigenvalue weighted by molar-refractivity contribution is -0.139. The van der Waals surface area contributed by atoms with Crippen molar-refractivity contribution in [3.8, 4) is 0 Å². The molecule has 1 aliphatic heterocycles.